The lowest BCUT2D eigenvalue weighted by Gasteiger charge is -2.34. The van der Waals surface area contributed by atoms with Gasteiger partial charge in [0.1, 0.15) is 0 Å². The Kier molecular flexibility index (Phi) is 11.7. The molecule has 174 valence electrons. The van der Waals surface area contributed by atoms with Gasteiger partial charge >= 0.3 is 6.03 Å². The molecular weight excluding hydrogens is 433 g/mol. The highest BCUT2D eigenvalue weighted by Crippen LogP contribution is 2.27. The van der Waals surface area contributed by atoms with Crippen LogP contribution in [-0.4, -0.2) is 61.8 Å². The zero-order valence-electron chi connectivity index (χ0n) is 18.9. The number of carbonyl (C=O) groups is 1. The Bertz CT molecular complexity index is 693. The molecule has 0 aromatic heterocycles. The van der Waals surface area contributed by atoms with Crippen molar-refractivity contribution in [2.24, 2.45) is 0 Å². The van der Waals surface area contributed by atoms with Crippen molar-refractivity contribution in [1.29, 1.82) is 0 Å². The number of hydrogen-bond acceptors (Lipinski definition) is 3. The summed E-state index contributed by atoms with van der Waals surface area (Å²) in [6.45, 7) is 6.69. The number of nitrogens with one attached hydrogen (secondary N) is 1. The summed E-state index contributed by atoms with van der Waals surface area (Å²) in [6.07, 6.45) is 11.0. The lowest BCUT2D eigenvalue weighted by molar-refractivity contribution is 0.0130. The average molecular weight is 470 g/mol. The lowest BCUT2D eigenvalue weighted by atomic mass is 9.92. The number of likely N-dealkylation sites (N-methyl/N-ethyl adjacent to an activating group) is 1. The van der Waals surface area contributed by atoms with Crippen LogP contribution in [0.3, 0.4) is 0 Å². The molecule has 0 saturated heterocycles. The van der Waals surface area contributed by atoms with E-state index in [0.29, 0.717) is 21.8 Å². The highest BCUT2D eigenvalue weighted by molar-refractivity contribution is 6.42. The molecule has 0 unspecified atom stereocenters. The van der Waals surface area contributed by atoms with Gasteiger partial charge in [0.2, 0.25) is 0 Å². The summed E-state index contributed by atoms with van der Waals surface area (Å²) in [7, 11) is 3.99. The molecule has 0 heterocycles. The van der Waals surface area contributed by atoms with Crippen LogP contribution in [0.1, 0.15) is 51.4 Å². The largest absolute Gasteiger partial charge is 0.378 e. The number of urea groups is 1. The van der Waals surface area contributed by atoms with Gasteiger partial charge in [0.05, 0.1) is 16.1 Å². The van der Waals surface area contributed by atoms with E-state index in [9.17, 15) is 4.79 Å². The van der Waals surface area contributed by atoms with Crippen LogP contribution in [0.4, 0.5) is 10.5 Å². The number of unbranched alkanes of at least 4 members (excludes halogenated alkanes) is 3. The molecule has 0 spiro atoms. The van der Waals surface area contributed by atoms with Crippen LogP contribution >= 0.6 is 23.2 Å². The van der Waals surface area contributed by atoms with Gasteiger partial charge in [-0.1, -0.05) is 42.1 Å². The van der Waals surface area contributed by atoms with Crippen molar-refractivity contribution in [1.82, 2.24) is 9.80 Å². The molecule has 1 aliphatic rings. The van der Waals surface area contributed by atoms with Crippen LogP contribution in [-0.2, 0) is 4.74 Å². The standard InChI is InChI=1S/C24H37Cl2N3O2/c1-4-15-28(2)16-7-5-6-8-17-31-21-12-10-20(11-13-21)29(3)24(30)27-19-9-14-22(25)23(26)18-19/h4,9,14,18,20-21H,1,5-8,10-13,15-17H2,2-3H3,(H,27,30)/t20-,21-. The summed E-state index contributed by atoms with van der Waals surface area (Å²) >= 11 is 12.0. The number of amides is 2. The molecule has 2 amide bonds. The van der Waals surface area contributed by atoms with Crippen LogP contribution in [0, 0.1) is 0 Å². The summed E-state index contributed by atoms with van der Waals surface area (Å²) < 4.78 is 6.09. The first-order chi connectivity index (χ1) is 14.9. The minimum absolute atomic E-state index is 0.124. The predicted molar refractivity (Wildman–Crippen MR) is 131 cm³/mol. The Hall–Kier alpha value is -1.27. The van der Waals surface area contributed by atoms with Crippen molar-refractivity contribution in [2.45, 2.75) is 63.5 Å². The highest BCUT2D eigenvalue weighted by atomic mass is 35.5. The van der Waals surface area contributed by atoms with Crippen molar-refractivity contribution >= 4 is 34.9 Å². The third kappa shape index (κ3) is 9.40. The second-order valence-electron chi connectivity index (χ2n) is 8.44. The topological polar surface area (TPSA) is 44.8 Å². The number of hydrogen-bond donors (Lipinski definition) is 1. The van der Waals surface area contributed by atoms with Crippen molar-refractivity contribution < 1.29 is 9.53 Å². The fourth-order valence-electron chi connectivity index (χ4n) is 3.95. The van der Waals surface area contributed by atoms with E-state index in [1.807, 2.05) is 13.1 Å². The maximum absolute atomic E-state index is 12.6. The molecule has 0 bridgehead atoms. The number of nitrogens with zero attached hydrogens (tertiary/aromatic N) is 2. The molecule has 0 atom stereocenters. The number of ether oxygens (including phenoxy) is 1. The van der Waals surface area contributed by atoms with Gasteiger partial charge in [-0.15, -0.1) is 6.58 Å². The van der Waals surface area contributed by atoms with Crippen LogP contribution < -0.4 is 5.32 Å². The number of anilines is 1. The van der Waals surface area contributed by atoms with Crippen molar-refractivity contribution in [3.63, 3.8) is 0 Å². The zero-order chi connectivity index (χ0) is 22.6. The van der Waals surface area contributed by atoms with Gasteiger partial charge in [-0.2, -0.15) is 0 Å². The Morgan fingerprint density at radius 1 is 1.13 bits per heavy atom. The summed E-state index contributed by atoms with van der Waals surface area (Å²) in [5.74, 6) is 0. The molecule has 1 aromatic rings. The Balaban J connectivity index is 1.58. The number of carbonyl (C=O) groups excluding carboxylic acids is 1. The van der Waals surface area contributed by atoms with E-state index in [0.717, 1.165) is 51.8 Å². The molecule has 5 nitrogen and oxygen atoms in total. The molecule has 1 saturated carbocycles. The Morgan fingerprint density at radius 3 is 2.52 bits per heavy atom. The van der Waals surface area contributed by atoms with Gasteiger partial charge in [-0.05, 0) is 70.3 Å². The molecule has 1 fully saturated rings. The van der Waals surface area contributed by atoms with Crippen LogP contribution in [0.2, 0.25) is 10.0 Å². The Morgan fingerprint density at radius 2 is 1.84 bits per heavy atom. The van der Waals surface area contributed by atoms with Crippen molar-refractivity contribution in [2.75, 3.05) is 39.1 Å². The normalized spacial score (nSPS) is 18.7. The van der Waals surface area contributed by atoms with Gasteiger partial charge in [-0.25, -0.2) is 4.79 Å². The van der Waals surface area contributed by atoms with E-state index in [4.69, 9.17) is 27.9 Å². The number of benzene rings is 1. The first-order valence-corrected chi connectivity index (χ1v) is 12.1. The van der Waals surface area contributed by atoms with Gasteiger partial charge in [0.25, 0.3) is 0 Å². The third-order valence-corrected chi connectivity index (χ3v) is 6.65. The molecule has 0 aliphatic heterocycles. The van der Waals surface area contributed by atoms with E-state index < -0.39 is 0 Å². The molecule has 0 radical (unpaired) electrons. The van der Waals surface area contributed by atoms with Crippen molar-refractivity contribution in [3.05, 3.63) is 40.9 Å². The van der Waals surface area contributed by atoms with Crippen LogP contribution in [0.25, 0.3) is 0 Å². The molecule has 7 heteroatoms. The zero-order valence-corrected chi connectivity index (χ0v) is 20.4. The molecule has 1 aliphatic carbocycles. The second-order valence-corrected chi connectivity index (χ2v) is 9.25. The fourth-order valence-corrected chi connectivity index (χ4v) is 4.25. The van der Waals surface area contributed by atoms with E-state index in [1.54, 1.807) is 23.1 Å². The summed E-state index contributed by atoms with van der Waals surface area (Å²) in [5.41, 5.74) is 0.649. The van der Waals surface area contributed by atoms with E-state index in [1.165, 1.54) is 19.3 Å². The number of halogens is 2. The van der Waals surface area contributed by atoms with Gasteiger partial charge in [0.15, 0.2) is 0 Å². The molecule has 1 aromatic carbocycles. The average Bonchev–Trinajstić information content (AvgIpc) is 2.75. The lowest BCUT2D eigenvalue weighted by Crippen LogP contribution is -2.42. The fraction of sp³-hybridized carbons (Fsp3) is 0.625. The van der Waals surface area contributed by atoms with Gasteiger partial charge in [0, 0.05) is 31.9 Å². The molecular formula is C24H37Cl2N3O2. The summed E-state index contributed by atoms with van der Waals surface area (Å²) in [6, 6.07) is 5.21. The van der Waals surface area contributed by atoms with Crippen molar-refractivity contribution in [3.8, 4) is 0 Å². The summed E-state index contributed by atoms with van der Waals surface area (Å²) in [5, 5.41) is 3.80. The number of rotatable bonds is 12. The first kappa shape index (κ1) is 26.0. The molecule has 31 heavy (non-hydrogen) atoms. The molecule has 2 rings (SSSR count). The monoisotopic (exact) mass is 469 g/mol. The second kappa shape index (κ2) is 14.0. The van der Waals surface area contributed by atoms with Gasteiger partial charge < -0.3 is 19.9 Å². The third-order valence-electron chi connectivity index (χ3n) is 5.91. The maximum Gasteiger partial charge on any atom is 0.321 e. The SMILES string of the molecule is C=CCN(C)CCCCCCO[C@H]1CC[C@H](N(C)C(=O)Nc2ccc(Cl)c(Cl)c2)CC1. The highest BCUT2D eigenvalue weighted by Gasteiger charge is 2.27. The van der Waals surface area contributed by atoms with Gasteiger partial charge in [-0.3, -0.25) is 0 Å². The Labute approximate surface area is 197 Å². The van der Waals surface area contributed by atoms with Crippen LogP contribution in [0.15, 0.2) is 30.9 Å². The quantitative estimate of drug-likeness (QED) is 0.282. The van der Waals surface area contributed by atoms with Crippen LogP contribution in [0.5, 0.6) is 0 Å². The maximum atomic E-state index is 12.6. The summed E-state index contributed by atoms with van der Waals surface area (Å²) in [4.78, 5) is 16.7. The first-order valence-electron chi connectivity index (χ1n) is 11.3. The minimum atomic E-state index is -0.124. The predicted octanol–water partition coefficient (Wildman–Crippen LogP) is 6.46. The molecule has 1 N–H and O–H groups in total. The van der Waals surface area contributed by atoms with E-state index >= 15 is 0 Å². The minimum Gasteiger partial charge on any atom is -0.378 e. The van der Waals surface area contributed by atoms with E-state index in [2.05, 4.69) is 23.8 Å². The van der Waals surface area contributed by atoms with E-state index in [-0.39, 0.29) is 12.1 Å². The smallest absolute Gasteiger partial charge is 0.321 e.